The number of piperidine rings is 1. The Labute approximate surface area is 174 Å². The van der Waals surface area contributed by atoms with E-state index in [-0.39, 0.29) is 17.3 Å². The van der Waals surface area contributed by atoms with Gasteiger partial charge < -0.3 is 4.90 Å². The first-order valence-corrected chi connectivity index (χ1v) is 11.9. The fourth-order valence-electron chi connectivity index (χ4n) is 3.52. The van der Waals surface area contributed by atoms with Gasteiger partial charge in [-0.3, -0.25) is 4.79 Å². The Bertz CT molecular complexity index is 916. The predicted octanol–water partition coefficient (Wildman–Crippen LogP) is 4.30. The van der Waals surface area contributed by atoms with Gasteiger partial charge in [-0.25, -0.2) is 13.1 Å². The van der Waals surface area contributed by atoms with Gasteiger partial charge in [0.25, 0.3) is 5.91 Å². The number of hydrogen-bond donors (Lipinski definition) is 1. The number of sulfonamides is 1. The van der Waals surface area contributed by atoms with Crippen molar-refractivity contribution < 1.29 is 13.2 Å². The summed E-state index contributed by atoms with van der Waals surface area (Å²) in [5.41, 5.74) is 2.61. The number of nitrogens with one attached hydrogen (secondary N) is 1. The van der Waals surface area contributed by atoms with Crippen LogP contribution in [0.1, 0.15) is 66.9 Å². The molecule has 1 aliphatic heterocycles. The summed E-state index contributed by atoms with van der Waals surface area (Å²) in [5.74, 6) is 0.462. The second-order valence-electron chi connectivity index (χ2n) is 7.75. The molecule has 0 spiro atoms. The number of rotatable bonds is 7. The molecule has 0 aromatic heterocycles. The van der Waals surface area contributed by atoms with E-state index in [0.717, 1.165) is 43.5 Å². The molecule has 1 fully saturated rings. The monoisotopic (exact) mass is 414 g/mol. The minimum Gasteiger partial charge on any atom is -0.339 e. The summed E-state index contributed by atoms with van der Waals surface area (Å²) >= 11 is 0. The van der Waals surface area contributed by atoms with Crippen LogP contribution in [0.15, 0.2) is 53.4 Å². The van der Waals surface area contributed by atoms with Crippen LogP contribution in [-0.2, 0) is 16.6 Å². The van der Waals surface area contributed by atoms with Gasteiger partial charge in [0, 0.05) is 25.2 Å². The van der Waals surface area contributed by atoms with Crippen molar-refractivity contribution in [3.63, 3.8) is 0 Å². The van der Waals surface area contributed by atoms with Crippen molar-refractivity contribution in [1.29, 1.82) is 0 Å². The van der Waals surface area contributed by atoms with Crippen LogP contribution in [0.4, 0.5) is 0 Å². The van der Waals surface area contributed by atoms with Crippen molar-refractivity contribution in [1.82, 2.24) is 9.62 Å². The first kappa shape index (κ1) is 21.5. The molecule has 0 unspecified atom stereocenters. The second-order valence-corrected chi connectivity index (χ2v) is 9.52. The fraction of sp³-hybridized carbons (Fsp3) is 0.435. The molecule has 1 aliphatic rings. The SMILES string of the molecule is CC[C@H](C)c1ccc(S(=O)(=O)NCc2ccc(C(=O)N3CCCCC3)cc2)cc1. The van der Waals surface area contributed by atoms with E-state index in [4.69, 9.17) is 0 Å². The lowest BCUT2D eigenvalue weighted by Gasteiger charge is -2.26. The number of amides is 1. The molecule has 1 amide bonds. The number of hydrogen-bond acceptors (Lipinski definition) is 3. The van der Waals surface area contributed by atoms with Crippen LogP contribution >= 0.6 is 0 Å². The summed E-state index contributed by atoms with van der Waals surface area (Å²) in [5, 5.41) is 0. The molecule has 0 radical (unpaired) electrons. The van der Waals surface area contributed by atoms with Gasteiger partial charge in [0.15, 0.2) is 0 Å². The van der Waals surface area contributed by atoms with Crippen molar-refractivity contribution in [2.24, 2.45) is 0 Å². The smallest absolute Gasteiger partial charge is 0.253 e. The number of carbonyl (C=O) groups excluding carboxylic acids is 1. The summed E-state index contributed by atoms with van der Waals surface area (Å²) in [4.78, 5) is 14.7. The molecule has 1 N–H and O–H groups in total. The molecule has 0 bridgehead atoms. The van der Waals surface area contributed by atoms with Gasteiger partial charge in [0.2, 0.25) is 10.0 Å². The molecule has 0 aliphatic carbocycles. The molecule has 5 nitrogen and oxygen atoms in total. The molecular formula is C23H30N2O3S. The maximum absolute atomic E-state index is 12.6. The highest BCUT2D eigenvalue weighted by atomic mass is 32.2. The first-order valence-electron chi connectivity index (χ1n) is 10.4. The van der Waals surface area contributed by atoms with Crippen molar-refractivity contribution in [2.75, 3.05) is 13.1 Å². The zero-order valence-electron chi connectivity index (χ0n) is 17.2. The minimum atomic E-state index is -3.58. The third-order valence-corrected chi connectivity index (χ3v) is 7.10. The topological polar surface area (TPSA) is 66.5 Å². The lowest BCUT2D eigenvalue weighted by atomic mass is 9.99. The van der Waals surface area contributed by atoms with Crippen LogP contribution in [-0.4, -0.2) is 32.3 Å². The fourth-order valence-corrected chi connectivity index (χ4v) is 4.54. The standard InChI is InChI=1S/C23H30N2O3S/c1-3-18(2)20-11-13-22(14-12-20)29(27,28)24-17-19-7-9-21(10-8-19)23(26)25-15-5-4-6-16-25/h7-14,18,24H,3-6,15-17H2,1-2H3/t18-/m0/s1. The Kier molecular flexibility index (Phi) is 7.09. The predicted molar refractivity (Wildman–Crippen MR) is 115 cm³/mol. The number of likely N-dealkylation sites (tertiary alicyclic amines) is 1. The minimum absolute atomic E-state index is 0.0539. The van der Waals surface area contributed by atoms with Gasteiger partial charge >= 0.3 is 0 Å². The molecule has 6 heteroatoms. The highest BCUT2D eigenvalue weighted by Crippen LogP contribution is 2.20. The Morgan fingerprint density at radius 2 is 1.62 bits per heavy atom. The molecule has 2 aromatic rings. The van der Waals surface area contributed by atoms with Crippen LogP contribution in [0.5, 0.6) is 0 Å². The molecule has 29 heavy (non-hydrogen) atoms. The summed E-state index contributed by atoms with van der Waals surface area (Å²) in [6.07, 6.45) is 4.32. The largest absolute Gasteiger partial charge is 0.339 e. The van der Waals surface area contributed by atoms with E-state index < -0.39 is 10.0 Å². The van der Waals surface area contributed by atoms with Crippen molar-refractivity contribution in [3.05, 3.63) is 65.2 Å². The molecular weight excluding hydrogens is 384 g/mol. The molecule has 1 saturated heterocycles. The van der Waals surface area contributed by atoms with E-state index in [1.54, 1.807) is 24.3 Å². The van der Waals surface area contributed by atoms with Gasteiger partial charge in [-0.05, 0) is 67.0 Å². The van der Waals surface area contributed by atoms with Gasteiger partial charge in [-0.1, -0.05) is 38.1 Å². The number of carbonyl (C=O) groups is 1. The van der Waals surface area contributed by atoms with E-state index >= 15 is 0 Å². The van der Waals surface area contributed by atoms with E-state index in [2.05, 4.69) is 18.6 Å². The third-order valence-electron chi connectivity index (χ3n) is 5.68. The Hall–Kier alpha value is -2.18. The summed E-state index contributed by atoms with van der Waals surface area (Å²) in [6.45, 7) is 6.06. The van der Waals surface area contributed by atoms with E-state index in [9.17, 15) is 13.2 Å². The molecule has 0 saturated carbocycles. The van der Waals surface area contributed by atoms with Crippen molar-refractivity contribution in [3.8, 4) is 0 Å². The zero-order chi connectivity index (χ0) is 20.9. The summed E-state index contributed by atoms with van der Waals surface area (Å²) < 4.78 is 27.8. The maximum atomic E-state index is 12.6. The van der Waals surface area contributed by atoms with E-state index in [1.807, 2.05) is 29.2 Å². The quantitative estimate of drug-likeness (QED) is 0.734. The number of nitrogens with zero attached hydrogens (tertiary/aromatic N) is 1. The molecule has 1 heterocycles. The average molecular weight is 415 g/mol. The molecule has 156 valence electrons. The summed E-state index contributed by atoms with van der Waals surface area (Å²) in [6, 6.07) is 14.3. The van der Waals surface area contributed by atoms with Crippen LogP contribution < -0.4 is 4.72 Å². The lowest BCUT2D eigenvalue weighted by Crippen LogP contribution is -2.35. The lowest BCUT2D eigenvalue weighted by molar-refractivity contribution is 0.0724. The highest BCUT2D eigenvalue weighted by Gasteiger charge is 2.18. The van der Waals surface area contributed by atoms with Gasteiger partial charge in [0.05, 0.1) is 4.90 Å². The highest BCUT2D eigenvalue weighted by molar-refractivity contribution is 7.89. The first-order chi connectivity index (χ1) is 13.9. The molecule has 2 aromatic carbocycles. The Morgan fingerprint density at radius 3 is 2.21 bits per heavy atom. The Morgan fingerprint density at radius 1 is 1.00 bits per heavy atom. The van der Waals surface area contributed by atoms with Crippen LogP contribution in [0.25, 0.3) is 0 Å². The maximum Gasteiger partial charge on any atom is 0.253 e. The van der Waals surface area contributed by atoms with Crippen molar-refractivity contribution in [2.45, 2.75) is 56.9 Å². The average Bonchev–Trinajstić information content (AvgIpc) is 2.77. The van der Waals surface area contributed by atoms with Crippen LogP contribution in [0.2, 0.25) is 0 Å². The van der Waals surface area contributed by atoms with Gasteiger partial charge in [0.1, 0.15) is 0 Å². The second kappa shape index (κ2) is 9.55. The van der Waals surface area contributed by atoms with Crippen molar-refractivity contribution >= 4 is 15.9 Å². The summed E-state index contributed by atoms with van der Waals surface area (Å²) in [7, 11) is -3.58. The van der Waals surface area contributed by atoms with Crippen LogP contribution in [0.3, 0.4) is 0 Å². The van der Waals surface area contributed by atoms with E-state index in [1.165, 1.54) is 6.42 Å². The normalized spacial score (nSPS) is 15.9. The van der Waals surface area contributed by atoms with Gasteiger partial charge in [-0.2, -0.15) is 0 Å². The molecule has 3 rings (SSSR count). The zero-order valence-corrected chi connectivity index (χ0v) is 18.0. The third kappa shape index (κ3) is 5.46. The number of benzene rings is 2. The van der Waals surface area contributed by atoms with E-state index in [0.29, 0.717) is 11.5 Å². The Balaban J connectivity index is 1.60. The van der Waals surface area contributed by atoms with Crippen LogP contribution in [0, 0.1) is 0 Å². The van der Waals surface area contributed by atoms with Gasteiger partial charge in [-0.15, -0.1) is 0 Å². The molecule has 1 atom stereocenters.